The minimum absolute atomic E-state index is 0.218. The first-order valence-electron chi connectivity index (χ1n) is 6.57. The zero-order valence-electron chi connectivity index (χ0n) is 12.0. The molecule has 1 aromatic rings. The summed E-state index contributed by atoms with van der Waals surface area (Å²) in [6.45, 7) is 8.15. The smallest absolute Gasteiger partial charge is 0.330 e. The number of piperazine rings is 1. The van der Waals surface area contributed by atoms with Gasteiger partial charge in [0.15, 0.2) is 0 Å². The Kier molecular flexibility index (Phi) is 4.45. The Morgan fingerprint density at radius 1 is 1.30 bits per heavy atom. The number of halogens is 1. The highest BCUT2D eigenvalue weighted by atomic mass is 35.5. The maximum absolute atomic E-state index is 11.8. The molecule has 0 N–H and O–H groups in total. The lowest BCUT2D eigenvalue weighted by Crippen LogP contribution is -2.48. The van der Waals surface area contributed by atoms with E-state index in [0.29, 0.717) is 37.3 Å². The third-order valence-corrected chi connectivity index (χ3v) is 3.17. The van der Waals surface area contributed by atoms with Crippen LogP contribution in [0.4, 0.5) is 5.95 Å². The molecule has 0 amide bonds. The summed E-state index contributed by atoms with van der Waals surface area (Å²) < 4.78 is 0. The van der Waals surface area contributed by atoms with Gasteiger partial charge in [-0.15, -0.1) is 5.06 Å². The fourth-order valence-corrected chi connectivity index (χ4v) is 1.84. The summed E-state index contributed by atoms with van der Waals surface area (Å²) in [6, 6.07) is 1.65. The number of anilines is 1. The zero-order valence-corrected chi connectivity index (χ0v) is 12.7. The van der Waals surface area contributed by atoms with Crippen molar-refractivity contribution in [3.8, 4) is 0 Å². The van der Waals surface area contributed by atoms with Crippen molar-refractivity contribution >= 4 is 23.5 Å². The van der Waals surface area contributed by atoms with Crippen LogP contribution in [0.2, 0.25) is 5.15 Å². The number of nitrogens with zero attached hydrogens (tertiary/aromatic N) is 4. The van der Waals surface area contributed by atoms with Gasteiger partial charge in [0, 0.05) is 19.3 Å². The highest BCUT2D eigenvalue weighted by Crippen LogP contribution is 2.18. The fourth-order valence-electron chi connectivity index (χ4n) is 1.71. The first kappa shape index (κ1) is 15.0. The van der Waals surface area contributed by atoms with Crippen molar-refractivity contribution in [1.29, 1.82) is 0 Å². The molecule has 2 heterocycles. The number of carbonyl (C=O) groups excluding carboxylic acids is 1. The van der Waals surface area contributed by atoms with Gasteiger partial charge in [0.2, 0.25) is 5.95 Å². The van der Waals surface area contributed by atoms with Gasteiger partial charge in [-0.2, -0.15) is 0 Å². The van der Waals surface area contributed by atoms with Crippen LogP contribution in [0, 0.1) is 5.41 Å². The predicted octanol–water partition coefficient (Wildman–Crippen LogP) is 1.76. The van der Waals surface area contributed by atoms with Gasteiger partial charge in [-0.1, -0.05) is 11.6 Å². The molecule has 1 fully saturated rings. The van der Waals surface area contributed by atoms with E-state index in [1.807, 2.05) is 25.7 Å². The molecule has 0 saturated carbocycles. The van der Waals surface area contributed by atoms with Crippen LogP contribution in [-0.4, -0.2) is 47.2 Å². The van der Waals surface area contributed by atoms with E-state index < -0.39 is 5.41 Å². The third-order valence-electron chi connectivity index (χ3n) is 2.95. The first-order valence-corrected chi connectivity index (χ1v) is 6.95. The molecule has 1 saturated heterocycles. The molecule has 0 radical (unpaired) electrons. The second-order valence-electron chi connectivity index (χ2n) is 5.72. The van der Waals surface area contributed by atoms with Crippen LogP contribution in [0.25, 0.3) is 0 Å². The fraction of sp³-hybridized carbons (Fsp3) is 0.615. The molecule has 0 aliphatic carbocycles. The van der Waals surface area contributed by atoms with Crippen molar-refractivity contribution in [1.82, 2.24) is 15.0 Å². The van der Waals surface area contributed by atoms with Crippen molar-refractivity contribution in [2.45, 2.75) is 20.8 Å². The summed E-state index contributed by atoms with van der Waals surface area (Å²) in [7, 11) is 0. The van der Waals surface area contributed by atoms with Crippen molar-refractivity contribution in [2.24, 2.45) is 5.41 Å². The van der Waals surface area contributed by atoms with E-state index in [-0.39, 0.29) is 5.97 Å². The summed E-state index contributed by atoms with van der Waals surface area (Å²) in [4.78, 5) is 27.6. The summed E-state index contributed by atoms with van der Waals surface area (Å²) in [6.07, 6.45) is 1.64. The molecule has 1 aromatic heterocycles. The van der Waals surface area contributed by atoms with E-state index in [2.05, 4.69) is 9.97 Å². The van der Waals surface area contributed by atoms with Crippen LogP contribution in [-0.2, 0) is 9.63 Å². The zero-order chi connectivity index (χ0) is 14.8. The lowest BCUT2D eigenvalue weighted by molar-refractivity contribution is -0.201. The molecule has 7 heteroatoms. The Bertz CT molecular complexity index is 482. The molecule has 1 aliphatic heterocycles. The standard InChI is InChI=1S/C13H19ClN4O2/c1-13(2,3)11(19)20-18-8-6-17(7-9-18)12-15-5-4-10(14)16-12/h4-5H,6-9H2,1-3H3. The van der Waals surface area contributed by atoms with Gasteiger partial charge >= 0.3 is 5.97 Å². The molecule has 20 heavy (non-hydrogen) atoms. The molecule has 0 bridgehead atoms. The monoisotopic (exact) mass is 298 g/mol. The van der Waals surface area contributed by atoms with E-state index in [4.69, 9.17) is 16.4 Å². The Morgan fingerprint density at radius 3 is 2.50 bits per heavy atom. The maximum Gasteiger partial charge on any atom is 0.330 e. The van der Waals surface area contributed by atoms with Crippen molar-refractivity contribution in [2.75, 3.05) is 31.1 Å². The second-order valence-corrected chi connectivity index (χ2v) is 6.11. The first-order chi connectivity index (χ1) is 9.36. The number of rotatable bonds is 2. The number of hydrogen-bond donors (Lipinski definition) is 0. The lowest BCUT2D eigenvalue weighted by Gasteiger charge is -2.34. The summed E-state index contributed by atoms with van der Waals surface area (Å²) in [5.41, 5.74) is -0.493. The maximum atomic E-state index is 11.8. The number of aromatic nitrogens is 2. The SMILES string of the molecule is CC(C)(C)C(=O)ON1CCN(c2nccc(Cl)n2)CC1. The van der Waals surface area contributed by atoms with E-state index in [1.54, 1.807) is 17.3 Å². The molecule has 0 spiro atoms. The molecule has 2 rings (SSSR count). The van der Waals surface area contributed by atoms with E-state index in [0.717, 1.165) is 0 Å². The molecule has 110 valence electrons. The van der Waals surface area contributed by atoms with Crippen LogP contribution in [0.3, 0.4) is 0 Å². The lowest BCUT2D eigenvalue weighted by atomic mass is 9.98. The van der Waals surface area contributed by atoms with E-state index in [1.165, 1.54) is 0 Å². The number of hydroxylamine groups is 2. The Morgan fingerprint density at radius 2 is 1.95 bits per heavy atom. The minimum atomic E-state index is -0.493. The Hall–Kier alpha value is -1.40. The van der Waals surface area contributed by atoms with Crippen LogP contribution in [0.1, 0.15) is 20.8 Å². The van der Waals surface area contributed by atoms with Crippen molar-refractivity contribution in [3.05, 3.63) is 17.4 Å². The van der Waals surface area contributed by atoms with Gasteiger partial charge in [0.25, 0.3) is 0 Å². The van der Waals surface area contributed by atoms with Crippen molar-refractivity contribution < 1.29 is 9.63 Å². The molecule has 0 unspecified atom stereocenters. The topological polar surface area (TPSA) is 58.6 Å². The van der Waals surface area contributed by atoms with E-state index >= 15 is 0 Å². The minimum Gasteiger partial charge on any atom is -0.367 e. The van der Waals surface area contributed by atoms with Crippen molar-refractivity contribution in [3.63, 3.8) is 0 Å². The van der Waals surface area contributed by atoms with Gasteiger partial charge < -0.3 is 9.74 Å². The third kappa shape index (κ3) is 3.80. The molecule has 1 aliphatic rings. The largest absolute Gasteiger partial charge is 0.367 e. The highest BCUT2D eigenvalue weighted by Gasteiger charge is 2.28. The molecule has 0 atom stereocenters. The molecule has 0 aromatic carbocycles. The van der Waals surface area contributed by atoms with Crippen LogP contribution in [0.15, 0.2) is 12.3 Å². The Labute approximate surface area is 123 Å². The average molecular weight is 299 g/mol. The second kappa shape index (κ2) is 5.93. The van der Waals surface area contributed by atoms with E-state index in [9.17, 15) is 4.79 Å². The molecular formula is C13H19ClN4O2. The summed E-state index contributed by atoms with van der Waals surface area (Å²) in [5.74, 6) is 0.393. The number of carbonyl (C=O) groups is 1. The van der Waals surface area contributed by atoms with Crippen LogP contribution >= 0.6 is 11.6 Å². The van der Waals surface area contributed by atoms with Crippen LogP contribution in [0.5, 0.6) is 0 Å². The van der Waals surface area contributed by atoms with Gasteiger partial charge in [-0.25, -0.2) is 14.8 Å². The highest BCUT2D eigenvalue weighted by molar-refractivity contribution is 6.29. The quantitative estimate of drug-likeness (QED) is 0.776. The molecular weight excluding hydrogens is 280 g/mol. The summed E-state index contributed by atoms with van der Waals surface area (Å²) in [5, 5.41) is 2.12. The van der Waals surface area contributed by atoms with Gasteiger partial charge in [-0.3, -0.25) is 0 Å². The van der Waals surface area contributed by atoms with Gasteiger partial charge in [-0.05, 0) is 26.8 Å². The average Bonchev–Trinajstić information content (AvgIpc) is 2.38. The normalized spacial score (nSPS) is 17.1. The van der Waals surface area contributed by atoms with Gasteiger partial charge in [0.05, 0.1) is 18.5 Å². The van der Waals surface area contributed by atoms with Crippen LogP contribution < -0.4 is 4.90 Å². The predicted molar refractivity (Wildman–Crippen MR) is 76.4 cm³/mol. The van der Waals surface area contributed by atoms with Gasteiger partial charge in [0.1, 0.15) is 5.15 Å². The summed E-state index contributed by atoms with van der Waals surface area (Å²) >= 11 is 5.85. The number of hydrogen-bond acceptors (Lipinski definition) is 6. The Balaban J connectivity index is 1.88. The molecule has 6 nitrogen and oxygen atoms in total.